The van der Waals surface area contributed by atoms with Crippen LogP contribution in [0.1, 0.15) is 36.0 Å². The van der Waals surface area contributed by atoms with Crippen molar-refractivity contribution in [3.05, 3.63) is 89.3 Å². The molecular weight excluding hydrogens is 465 g/mol. The van der Waals surface area contributed by atoms with Crippen LogP contribution in [0.3, 0.4) is 0 Å². The fourth-order valence-corrected chi connectivity index (χ4v) is 4.86. The zero-order valence-electron chi connectivity index (χ0n) is 19.0. The summed E-state index contributed by atoms with van der Waals surface area (Å²) in [6, 6.07) is 18.8. The maximum atomic E-state index is 14.3. The first-order chi connectivity index (χ1) is 16.9. The van der Waals surface area contributed by atoms with E-state index in [0.717, 1.165) is 42.3 Å². The highest BCUT2D eigenvalue weighted by Crippen LogP contribution is 2.29. The maximum Gasteiger partial charge on any atom is 0.251 e. The molecule has 0 unspecified atom stereocenters. The van der Waals surface area contributed by atoms with Gasteiger partial charge in [0.15, 0.2) is 0 Å². The smallest absolute Gasteiger partial charge is 0.251 e. The second-order valence-corrected chi connectivity index (χ2v) is 9.40. The zero-order chi connectivity index (χ0) is 24.4. The molecule has 1 fully saturated rings. The molecule has 178 valence electrons. The number of aromatic hydroxyl groups is 1. The minimum atomic E-state index is -0.491. The predicted octanol–water partition coefficient (Wildman–Crippen LogP) is 6.55. The SMILES string of the molecule is O=C(NC1CCC(Nc2ccnc3cc(Cl)ccc23)CC1)c1cc(F)cc(-c2cccc(O)c2)c1. The van der Waals surface area contributed by atoms with Crippen molar-refractivity contribution in [2.24, 2.45) is 0 Å². The largest absolute Gasteiger partial charge is 0.508 e. The second-order valence-electron chi connectivity index (χ2n) is 8.97. The maximum absolute atomic E-state index is 14.3. The van der Waals surface area contributed by atoms with Crippen LogP contribution in [0.4, 0.5) is 10.1 Å². The zero-order valence-corrected chi connectivity index (χ0v) is 19.7. The molecule has 4 aromatic rings. The van der Waals surface area contributed by atoms with Crippen LogP contribution in [-0.4, -0.2) is 28.1 Å². The molecular formula is C28H25ClFN3O2. The van der Waals surface area contributed by atoms with E-state index in [1.165, 1.54) is 12.1 Å². The highest BCUT2D eigenvalue weighted by atomic mass is 35.5. The molecule has 1 aromatic heterocycles. The van der Waals surface area contributed by atoms with Gasteiger partial charge in [-0.3, -0.25) is 9.78 Å². The molecule has 0 spiro atoms. The summed E-state index contributed by atoms with van der Waals surface area (Å²) >= 11 is 6.09. The summed E-state index contributed by atoms with van der Waals surface area (Å²) in [5.74, 6) is -0.694. The Labute approximate surface area is 208 Å². The van der Waals surface area contributed by atoms with Crippen LogP contribution in [0.15, 0.2) is 72.9 Å². The Balaban J connectivity index is 1.22. The molecule has 0 atom stereocenters. The number of aromatic nitrogens is 1. The standard InChI is InChI=1S/C28H25ClFN3O2/c29-20-4-9-25-26(10-11-31-27(25)16-20)32-22-5-7-23(8-6-22)33-28(35)19-12-18(13-21(30)14-19)17-2-1-3-24(34)15-17/h1-4,9-16,22-23,34H,5-8H2,(H,31,32)(H,33,35). The summed E-state index contributed by atoms with van der Waals surface area (Å²) in [4.78, 5) is 17.3. The van der Waals surface area contributed by atoms with Crippen LogP contribution >= 0.6 is 11.6 Å². The van der Waals surface area contributed by atoms with E-state index < -0.39 is 5.82 Å². The summed E-state index contributed by atoms with van der Waals surface area (Å²) in [5.41, 5.74) is 3.34. The average Bonchev–Trinajstić information content (AvgIpc) is 2.85. The molecule has 5 rings (SSSR count). The number of nitrogens with one attached hydrogen (secondary N) is 2. The van der Waals surface area contributed by atoms with Gasteiger partial charge in [-0.05, 0) is 91.4 Å². The van der Waals surface area contributed by atoms with Crippen molar-refractivity contribution in [2.75, 3.05) is 5.32 Å². The second kappa shape index (κ2) is 9.92. The lowest BCUT2D eigenvalue weighted by molar-refractivity contribution is 0.0926. The third-order valence-corrected chi connectivity index (χ3v) is 6.70. The van der Waals surface area contributed by atoms with E-state index in [1.54, 1.807) is 36.5 Å². The normalized spacial score (nSPS) is 17.8. The van der Waals surface area contributed by atoms with Gasteiger partial charge in [-0.15, -0.1) is 0 Å². The van der Waals surface area contributed by atoms with Gasteiger partial charge in [0.1, 0.15) is 11.6 Å². The van der Waals surface area contributed by atoms with Gasteiger partial charge in [0.25, 0.3) is 5.91 Å². The average molecular weight is 490 g/mol. The van der Waals surface area contributed by atoms with Gasteiger partial charge in [-0.1, -0.05) is 23.7 Å². The van der Waals surface area contributed by atoms with Crippen LogP contribution in [0.25, 0.3) is 22.0 Å². The number of hydrogen-bond acceptors (Lipinski definition) is 4. The van der Waals surface area contributed by atoms with Gasteiger partial charge < -0.3 is 15.7 Å². The molecule has 3 N–H and O–H groups in total. The van der Waals surface area contributed by atoms with Crippen molar-refractivity contribution >= 4 is 34.1 Å². The van der Waals surface area contributed by atoms with Crippen LogP contribution in [-0.2, 0) is 0 Å². The summed E-state index contributed by atoms with van der Waals surface area (Å²) in [5, 5.41) is 18.1. The van der Waals surface area contributed by atoms with Crippen LogP contribution in [0.5, 0.6) is 5.75 Å². The molecule has 0 bridgehead atoms. The monoisotopic (exact) mass is 489 g/mol. The van der Waals surface area contributed by atoms with E-state index in [0.29, 0.717) is 16.1 Å². The van der Waals surface area contributed by atoms with E-state index in [9.17, 15) is 14.3 Å². The Morgan fingerprint density at radius 3 is 2.54 bits per heavy atom. The molecule has 1 heterocycles. The number of nitrogens with zero attached hydrogens (tertiary/aromatic N) is 1. The minimum absolute atomic E-state index is 0.0287. The number of rotatable bonds is 5. The number of hydrogen-bond donors (Lipinski definition) is 3. The van der Waals surface area contributed by atoms with Crippen molar-refractivity contribution in [1.82, 2.24) is 10.3 Å². The minimum Gasteiger partial charge on any atom is -0.508 e. The lowest BCUT2D eigenvalue weighted by Gasteiger charge is -2.30. The number of carbonyl (C=O) groups is 1. The Morgan fingerprint density at radius 2 is 1.74 bits per heavy atom. The Hall–Kier alpha value is -3.64. The van der Waals surface area contributed by atoms with E-state index in [2.05, 4.69) is 15.6 Å². The first kappa shape index (κ1) is 23.1. The third-order valence-electron chi connectivity index (χ3n) is 6.47. The van der Waals surface area contributed by atoms with Gasteiger partial charge in [0.2, 0.25) is 0 Å². The fourth-order valence-electron chi connectivity index (χ4n) is 4.69. The first-order valence-corrected chi connectivity index (χ1v) is 12.0. The van der Waals surface area contributed by atoms with Gasteiger partial charge >= 0.3 is 0 Å². The van der Waals surface area contributed by atoms with Crippen molar-refractivity contribution in [3.8, 4) is 16.9 Å². The summed E-state index contributed by atoms with van der Waals surface area (Å²) < 4.78 is 14.3. The van der Waals surface area contributed by atoms with Gasteiger partial charge in [-0.25, -0.2) is 4.39 Å². The van der Waals surface area contributed by atoms with Crippen LogP contribution in [0.2, 0.25) is 5.02 Å². The molecule has 1 saturated carbocycles. The number of benzene rings is 3. The number of halogens is 2. The fraction of sp³-hybridized carbons (Fsp3) is 0.214. The molecule has 3 aromatic carbocycles. The lowest BCUT2D eigenvalue weighted by atomic mass is 9.90. The molecule has 1 amide bonds. The Morgan fingerprint density at radius 1 is 0.943 bits per heavy atom. The highest BCUT2D eigenvalue weighted by Gasteiger charge is 2.23. The van der Waals surface area contributed by atoms with Crippen molar-refractivity contribution in [3.63, 3.8) is 0 Å². The van der Waals surface area contributed by atoms with Crippen LogP contribution in [0, 0.1) is 5.82 Å². The quantitative estimate of drug-likeness (QED) is 0.297. The number of amides is 1. The van der Waals surface area contributed by atoms with E-state index in [-0.39, 0.29) is 29.3 Å². The molecule has 35 heavy (non-hydrogen) atoms. The molecule has 1 aliphatic carbocycles. The van der Waals surface area contributed by atoms with Gasteiger partial charge in [0.05, 0.1) is 5.52 Å². The summed E-state index contributed by atoms with van der Waals surface area (Å²) in [7, 11) is 0. The number of phenols is 1. The number of carbonyl (C=O) groups excluding carboxylic acids is 1. The van der Waals surface area contributed by atoms with E-state index >= 15 is 0 Å². The van der Waals surface area contributed by atoms with Crippen molar-refractivity contribution in [2.45, 2.75) is 37.8 Å². The van der Waals surface area contributed by atoms with E-state index in [1.807, 2.05) is 24.3 Å². The van der Waals surface area contributed by atoms with Crippen molar-refractivity contribution < 1.29 is 14.3 Å². The molecule has 0 radical (unpaired) electrons. The topological polar surface area (TPSA) is 74.2 Å². The summed E-state index contributed by atoms with van der Waals surface area (Å²) in [6.07, 6.45) is 5.23. The molecule has 7 heteroatoms. The molecule has 5 nitrogen and oxygen atoms in total. The summed E-state index contributed by atoms with van der Waals surface area (Å²) in [6.45, 7) is 0. The van der Waals surface area contributed by atoms with E-state index in [4.69, 9.17) is 11.6 Å². The molecule has 0 saturated heterocycles. The predicted molar refractivity (Wildman–Crippen MR) is 137 cm³/mol. The first-order valence-electron chi connectivity index (χ1n) is 11.7. The number of anilines is 1. The van der Waals surface area contributed by atoms with Gasteiger partial charge in [0, 0.05) is 39.9 Å². The van der Waals surface area contributed by atoms with Gasteiger partial charge in [-0.2, -0.15) is 0 Å². The number of pyridine rings is 1. The Bertz CT molecular complexity index is 1390. The van der Waals surface area contributed by atoms with Crippen molar-refractivity contribution in [1.29, 1.82) is 0 Å². The highest BCUT2D eigenvalue weighted by molar-refractivity contribution is 6.31. The number of phenolic OH excluding ortho intramolecular Hbond substituents is 1. The van der Waals surface area contributed by atoms with Crippen LogP contribution < -0.4 is 10.6 Å². The third kappa shape index (κ3) is 5.38. The Kier molecular flexibility index (Phi) is 6.55. The number of fused-ring (bicyclic) bond motifs is 1. The molecule has 1 aliphatic rings. The molecule has 0 aliphatic heterocycles. The lowest BCUT2D eigenvalue weighted by Crippen LogP contribution is -2.40.